The molecule has 0 aliphatic heterocycles. The molecule has 1 aliphatic rings. The Morgan fingerprint density at radius 1 is 1.07 bits per heavy atom. The Bertz CT molecular complexity index is 996. The molecule has 0 aromatic heterocycles. The Morgan fingerprint density at radius 2 is 1.76 bits per heavy atom. The summed E-state index contributed by atoms with van der Waals surface area (Å²) in [6.07, 6.45) is 2.62. The van der Waals surface area contributed by atoms with E-state index in [0.717, 1.165) is 17.1 Å². The number of rotatable bonds is 5. The van der Waals surface area contributed by atoms with Gasteiger partial charge in [-0.25, -0.2) is 12.8 Å². The Morgan fingerprint density at radius 3 is 2.45 bits per heavy atom. The molecule has 29 heavy (non-hydrogen) atoms. The minimum Gasteiger partial charge on any atom is -0.391 e. The van der Waals surface area contributed by atoms with Crippen molar-refractivity contribution in [2.24, 2.45) is 0 Å². The lowest BCUT2D eigenvalue weighted by atomic mass is 9.91. The molecule has 3 rings (SSSR count). The summed E-state index contributed by atoms with van der Waals surface area (Å²) in [6.45, 7) is 0. The van der Waals surface area contributed by atoms with Crippen LogP contribution >= 0.6 is 0 Å². The van der Waals surface area contributed by atoms with Crippen LogP contribution < -0.4 is 4.31 Å². The van der Waals surface area contributed by atoms with Gasteiger partial charge in [0, 0.05) is 19.7 Å². The maximum atomic E-state index is 14.1. The van der Waals surface area contributed by atoms with E-state index in [1.54, 1.807) is 13.1 Å². The third-order valence-corrected chi connectivity index (χ3v) is 7.21. The number of anilines is 1. The number of benzene rings is 2. The van der Waals surface area contributed by atoms with Crippen LogP contribution in [0.3, 0.4) is 0 Å². The van der Waals surface area contributed by atoms with E-state index in [1.165, 1.54) is 54.4 Å². The number of para-hydroxylation sites is 1. The van der Waals surface area contributed by atoms with E-state index in [9.17, 15) is 22.7 Å². The van der Waals surface area contributed by atoms with Crippen LogP contribution in [0.5, 0.6) is 0 Å². The molecule has 1 fully saturated rings. The minimum absolute atomic E-state index is 0.0772. The van der Waals surface area contributed by atoms with Gasteiger partial charge in [0.2, 0.25) is 0 Å². The van der Waals surface area contributed by atoms with E-state index in [1.807, 2.05) is 0 Å². The van der Waals surface area contributed by atoms with Crippen molar-refractivity contribution in [1.29, 1.82) is 0 Å². The van der Waals surface area contributed by atoms with Crippen LogP contribution in [0, 0.1) is 5.82 Å². The number of hydrogen-bond donors (Lipinski definition) is 1. The molecule has 1 aliphatic carbocycles. The van der Waals surface area contributed by atoms with E-state index in [2.05, 4.69) is 0 Å². The normalized spacial score (nSPS) is 19.6. The molecule has 2 unspecified atom stereocenters. The maximum Gasteiger partial charge on any atom is 0.264 e. The van der Waals surface area contributed by atoms with Crippen molar-refractivity contribution in [3.63, 3.8) is 0 Å². The lowest BCUT2D eigenvalue weighted by Gasteiger charge is -2.35. The highest BCUT2D eigenvalue weighted by molar-refractivity contribution is 7.92. The molecule has 2 aromatic carbocycles. The van der Waals surface area contributed by atoms with Gasteiger partial charge in [0.05, 0.1) is 22.7 Å². The summed E-state index contributed by atoms with van der Waals surface area (Å²) in [7, 11) is -1.17. The van der Waals surface area contributed by atoms with Gasteiger partial charge in [-0.3, -0.25) is 9.10 Å². The number of amides is 1. The first kappa shape index (κ1) is 21.3. The molecule has 0 radical (unpaired) electrons. The lowest BCUT2D eigenvalue weighted by Crippen LogP contribution is -2.46. The fourth-order valence-electron chi connectivity index (χ4n) is 3.68. The van der Waals surface area contributed by atoms with Crippen molar-refractivity contribution in [2.45, 2.75) is 42.7 Å². The van der Waals surface area contributed by atoms with Crippen LogP contribution in [-0.4, -0.2) is 50.6 Å². The van der Waals surface area contributed by atoms with Crippen LogP contribution in [0.15, 0.2) is 53.4 Å². The van der Waals surface area contributed by atoms with Gasteiger partial charge in [-0.05, 0) is 43.2 Å². The highest BCUT2D eigenvalue weighted by atomic mass is 32.2. The fraction of sp³-hybridized carbons (Fsp3) is 0.381. The highest BCUT2D eigenvalue weighted by Crippen LogP contribution is 2.27. The second-order valence-electron chi connectivity index (χ2n) is 7.29. The summed E-state index contributed by atoms with van der Waals surface area (Å²) >= 11 is 0. The van der Waals surface area contributed by atoms with E-state index >= 15 is 0 Å². The van der Waals surface area contributed by atoms with Gasteiger partial charge >= 0.3 is 0 Å². The number of aliphatic hydroxyl groups is 1. The highest BCUT2D eigenvalue weighted by Gasteiger charge is 2.31. The third-order valence-electron chi connectivity index (χ3n) is 5.44. The molecule has 0 heterocycles. The average molecular weight is 421 g/mol. The van der Waals surface area contributed by atoms with Crippen LogP contribution in [0.2, 0.25) is 0 Å². The second kappa shape index (κ2) is 8.51. The summed E-state index contributed by atoms with van der Waals surface area (Å²) in [6, 6.07) is 11.0. The maximum absolute atomic E-state index is 14.1. The fourth-order valence-corrected chi connectivity index (χ4v) is 4.93. The van der Waals surface area contributed by atoms with Gasteiger partial charge in [-0.15, -0.1) is 0 Å². The number of sulfonamides is 1. The molecular weight excluding hydrogens is 395 g/mol. The molecule has 1 N–H and O–H groups in total. The van der Waals surface area contributed by atoms with Crippen molar-refractivity contribution in [1.82, 2.24) is 4.90 Å². The predicted octanol–water partition coefficient (Wildman–Crippen LogP) is 3.03. The van der Waals surface area contributed by atoms with Gasteiger partial charge in [0.1, 0.15) is 5.82 Å². The van der Waals surface area contributed by atoms with Crippen LogP contribution in [0.25, 0.3) is 0 Å². The number of likely N-dealkylation sites (N-methyl/N-ethyl adjacent to an activating group) is 1. The minimum atomic E-state index is -4.06. The molecule has 6 nitrogen and oxygen atoms in total. The van der Waals surface area contributed by atoms with Gasteiger partial charge in [-0.2, -0.15) is 0 Å². The van der Waals surface area contributed by atoms with Crippen molar-refractivity contribution in [3.05, 3.63) is 59.9 Å². The van der Waals surface area contributed by atoms with Gasteiger partial charge < -0.3 is 10.0 Å². The second-order valence-corrected chi connectivity index (χ2v) is 9.26. The number of carbonyl (C=O) groups excluding carboxylic acids is 1. The summed E-state index contributed by atoms with van der Waals surface area (Å²) < 4.78 is 40.9. The van der Waals surface area contributed by atoms with Crippen molar-refractivity contribution in [3.8, 4) is 0 Å². The molecular formula is C21H25FN2O4S. The molecule has 1 amide bonds. The quantitative estimate of drug-likeness (QED) is 0.807. The standard InChI is InChI=1S/C21H25FN2O4S/c1-23(19-12-5-6-13-20(19)25)21(26)15-8-7-9-16(14-15)29(27,28)24(2)18-11-4-3-10-17(18)22/h3-4,7-11,14,19-20,25H,5-6,12-13H2,1-2H3. The van der Waals surface area contributed by atoms with Gasteiger partial charge in [0.15, 0.2) is 0 Å². The number of carbonyl (C=O) groups is 1. The zero-order chi connectivity index (χ0) is 21.2. The number of halogens is 1. The van der Waals surface area contributed by atoms with Crippen LogP contribution in [0.1, 0.15) is 36.0 Å². The zero-order valence-corrected chi connectivity index (χ0v) is 17.3. The summed E-state index contributed by atoms with van der Waals surface area (Å²) in [5.41, 5.74) is 0.125. The topological polar surface area (TPSA) is 77.9 Å². The molecule has 0 spiro atoms. The Hall–Kier alpha value is -2.45. The monoisotopic (exact) mass is 420 g/mol. The first-order chi connectivity index (χ1) is 13.7. The summed E-state index contributed by atoms with van der Waals surface area (Å²) in [4.78, 5) is 14.3. The van der Waals surface area contributed by atoms with E-state index in [4.69, 9.17) is 0 Å². The predicted molar refractivity (Wildman–Crippen MR) is 109 cm³/mol. The first-order valence-corrected chi connectivity index (χ1v) is 11.0. The van der Waals surface area contributed by atoms with Crippen LogP contribution in [-0.2, 0) is 10.0 Å². The summed E-state index contributed by atoms with van der Waals surface area (Å²) in [5, 5.41) is 10.2. The smallest absolute Gasteiger partial charge is 0.264 e. The average Bonchev–Trinajstić information content (AvgIpc) is 2.73. The molecule has 2 aromatic rings. The summed E-state index contributed by atoms with van der Waals surface area (Å²) in [5.74, 6) is -1.02. The SMILES string of the molecule is CN(C(=O)c1cccc(S(=O)(=O)N(C)c2ccccc2F)c1)C1CCCCC1O. The number of hydrogen-bond acceptors (Lipinski definition) is 4. The third kappa shape index (κ3) is 4.28. The van der Waals surface area contributed by atoms with Crippen LogP contribution in [0.4, 0.5) is 10.1 Å². The molecule has 156 valence electrons. The molecule has 8 heteroatoms. The van der Waals surface area contributed by atoms with E-state index < -0.39 is 21.9 Å². The number of nitrogens with zero attached hydrogens (tertiary/aromatic N) is 2. The van der Waals surface area contributed by atoms with Crippen molar-refractivity contribution >= 4 is 21.6 Å². The Labute approximate surface area is 170 Å². The molecule has 2 atom stereocenters. The Kier molecular flexibility index (Phi) is 6.24. The zero-order valence-electron chi connectivity index (χ0n) is 16.5. The van der Waals surface area contributed by atoms with Crippen molar-refractivity contribution < 1.29 is 22.7 Å². The lowest BCUT2D eigenvalue weighted by molar-refractivity contribution is 0.0268. The Balaban J connectivity index is 1.88. The van der Waals surface area contributed by atoms with Gasteiger partial charge in [-0.1, -0.05) is 31.0 Å². The van der Waals surface area contributed by atoms with Crippen molar-refractivity contribution in [2.75, 3.05) is 18.4 Å². The largest absolute Gasteiger partial charge is 0.391 e. The number of aliphatic hydroxyl groups excluding tert-OH is 1. The van der Waals surface area contributed by atoms with E-state index in [0.29, 0.717) is 12.8 Å². The molecule has 1 saturated carbocycles. The first-order valence-electron chi connectivity index (χ1n) is 9.52. The molecule has 0 bridgehead atoms. The van der Waals surface area contributed by atoms with E-state index in [-0.39, 0.29) is 28.1 Å². The molecule has 0 saturated heterocycles. The van der Waals surface area contributed by atoms with Gasteiger partial charge in [0.25, 0.3) is 15.9 Å².